The van der Waals surface area contributed by atoms with Crippen molar-refractivity contribution in [3.63, 3.8) is 0 Å². The van der Waals surface area contributed by atoms with Gasteiger partial charge >= 0.3 is 0 Å². The molecular weight excluding hydrogens is 999 g/mol. The third kappa shape index (κ3) is 9.45. The minimum Gasteiger partial charge on any atom is -0.192 e. The van der Waals surface area contributed by atoms with Crippen LogP contribution in [0, 0.1) is 5.92 Å². The summed E-state index contributed by atoms with van der Waals surface area (Å²) in [4.78, 5) is 0. The van der Waals surface area contributed by atoms with Crippen molar-refractivity contribution in [1.82, 2.24) is 0 Å². The van der Waals surface area contributed by atoms with Crippen LogP contribution in [0.15, 0.2) is 297 Å². The molecule has 4 unspecified atom stereocenters. The maximum Gasteiger partial charge on any atom is 0.213 e. The molecule has 1 aliphatic heterocycles. The fourth-order valence-electron chi connectivity index (χ4n) is 14.2. The van der Waals surface area contributed by atoms with Crippen LogP contribution in [0.25, 0.3) is 94.7 Å². The average molecular weight is 1070 g/mol. The van der Waals surface area contributed by atoms with E-state index in [1.807, 2.05) is 0 Å². The molecule has 4 aliphatic carbocycles. The van der Waals surface area contributed by atoms with Crippen molar-refractivity contribution in [2.45, 2.75) is 62.8 Å². The van der Waals surface area contributed by atoms with Crippen LogP contribution in [0.1, 0.15) is 79.7 Å². The Hall–Kier alpha value is -9.43. The molecule has 1 heteroatoms. The lowest BCUT2D eigenvalue weighted by Gasteiger charge is -2.28. The molecule has 83 heavy (non-hydrogen) atoms. The highest BCUT2D eigenvalue weighted by Gasteiger charge is 2.73. The topological polar surface area (TPSA) is 3.88 Å². The van der Waals surface area contributed by atoms with Crippen molar-refractivity contribution in [3.8, 4) is 78.0 Å². The Labute approximate surface area is 490 Å². The molecule has 398 valence electrons. The van der Waals surface area contributed by atoms with Gasteiger partial charge in [-0.15, -0.1) is 0 Å². The van der Waals surface area contributed by atoms with Crippen molar-refractivity contribution in [1.29, 1.82) is 0 Å². The van der Waals surface area contributed by atoms with Crippen LogP contribution in [-0.2, 0) is 11.0 Å². The lowest BCUT2D eigenvalue weighted by molar-refractivity contribution is -0.731. The summed E-state index contributed by atoms with van der Waals surface area (Å²) in [6, 6.07) is 88.9. The van der Waals surface area contributed by atoms with Gasteiger partial charge in [0.05, 0.1) is 11.0 Å². The molecule has 15 rings (SSSR count). The third-order valence-electron chi connectivity index (χ3n) is 19.0. The lowest BCUT2D eigenvalue weighted by Crippen LogP contribution is -2.52. The number of allylic oxidation sites excluding steroid dienone is 12. The first-order chi connectivity index (χ1) is 40.8. The molecule has 4 atom stereocenters. The number of rotatable bonds is 11. The van der Waals surface area contributed by atoms with Gasteiger partial charge in [0, 0.05) is 37.3 Å². The molecule has 1 fully saturated rings. The highest BCUT2D eigenvalue weighted by molar-refractivity contribution is 5.92. The second-order valence-corrected chi connectivity index (χ2v) is 24.2. The molecule has 0 radical (unpaired) electrons. The number of pyridine rings is 1. The summed E-state index contributed by atoms with van der Waals surface area (Å²) in [7, 11) is 0. The van der Waals surface area contributed by atoms with Crippen LogP contribution in [0.2, 0.25) is 0 Å². The van der Waals surface area contributed by atoms with E-state index in [1.54, 1.807) is 0 Å². The maximum absolute atomic E-state index is 2.60. The molecule has 0 amide bonds. The van der Waals surface area contributed by atoms with Crippen LogP contribution in [0.5, 0.6) is 0 Å². The van der Waals surface area contributed by atoms with Crippen molar-refractivity contribution < 1.29 is 4.57 Å². The Kier molecular flexibility index (Phi) is 12.7. The van der Waals surface area contributed by atoms with E-state index in [-0.39, 0.29) is 16.9 Å². The molecule has 0 bridgehead atoms. The first-order valence-corrected chi connectivity index (χ1v) is 29.9. The molecule has 10 aromatic rings. The highest BCUT2D eigenvalue weighted by Crippen LogP contribution is 2.64. The van der Waals surface area contributed by atoms with E-state index < -0.39 is 0 Å². The Morgan fingerprint density at radius 3 is 1.52 bits per heavy atom. The fourth-order valence-corrected chi connectivity index (χ4v) is 14.2. The summed E-state index contributed by atoms with van der Waals surface area (Å²) in [5, 5.41) is 0. The first-order valence-electron chi connectivity index (χ1n) is 29.9. The Balaban J connectivity index is 0.917. The number of hydrogen-bond acceptors (Lipinski definition) is 0. The second kappa shape index (κ2) is 20.8. The van der Waals surface area contributed by atoms with Gasteiger partial charge in [0.2, 0.25) is 5.69 Å². The van der Waals surface area contributed by atoms with E-state index in [1.165, 1.54) is 128 Å². The quantitative estimate of drug-likeness (QED) is 0.114. The predicted molar refractivity (Wildman–Crippen MR) is 348 cm³/mol. The van der Waals surface area contributed by atoms with E-state index in [0.717, 1.165) is 32.1 Å². The zero-order valence-electron chi connectivity index (χ0n) is 47.4. The maximum atomic E-state index is 2.60. The summed E-state index contributed by atoms with van der Waals surface area (Å²) in [5.74, 6) is 0.402. The standard InChI is InChI=1S/C82H66N/c1-81-55-82(81,2)83-40-16-15-37-80(83)78-54-68(38-39-79(78)81)73-51-76(74-47-69(64-33-17-29-60(41-64)56-21-7-3-8-22-56)45-70(48-74)65-34-18-30-61(42-65)57-23-9-4-10-24-57)53-77(52-73)75-49-71(66-35-19-31-62(43-66)58-25-11-5-12-26-58)46-72(50-75)67-36-20-32-63(44-67)59-27-13-6-14-28-59/h3-5,7-13,15-43,45-52,54,63,76H,6,14,44,53,55H2,1-2H3/q+1. The van der Waals surface area contributed by atoms with Crippen molar-refractivity contribution in [3.05, 3.63) is 325 Å². The summed E-state index contributed by atoms with van der Waals surface area (Å²) in [5.41, 5.74) is 29.4. The van der Waals surface area contributed by atoms with Gasteiger partial charge in [-0.2, -0.15) is 4.57 Å². The van der Waals surface area contributed by atoms with E-state index in [4.69, 9.17) is 0 Å². The van der Waals surface area contributed by atoms with Gasteiger partial charge in [0.25, 0.3) is 0 Å². The fraction of sp³-hybridized carbons (Fsp3) is 0.134. The molecule has 1 nitrogen and oxygen atoms in total. The van der Waals surface area contributed by atoms with Crippen LogP contribution in [-0.4, -0.2) is 0 Å². The van der Waals surface area contributed by atoms with Gasteiger partial charge in [-0.05, 0) is 204 Å². The molecule has 2 heterocycles. The van der Waals surface area contributed by atoms with Gasteiger partial charge in [-0.1, -0.05) is 218 Å². The summed E-state index contributed by atoms with van der Waals surface area (Å²) in [6.45, 7) is 4.92. The Morgan fingerprint density at radius 1 is 0.422 bits per heavy atom. The number of fused-ring (bicyclic) bond motifs is 6. The van der Waals surface area contributed by atoms with Crippen LogP contribution in [0.4, 0.5) is 0 Å². The molecule has 1 saturated carbocycles. The summed E-state index contributed by atoms with van der Waals surface area (Å²) < 4.78 is 2.56. The number of aromatic nitrogens is 1. The molecule has 0 N–H and O–H groups in total. The predicted octanol–water partition coefficient (Wildman–Crippen LogP) is 20.9. The minimum absolute atomic E-state index is 0.0556. The van der Waals surface area contributed by atoms with Gasteiger partial charge in [-0.25, -0.2) is 0 Å². The van der Waals surface area contributed by atoms with E-state index >= 15 is 0 Å². The van der Waals surface area contributed by atoms with E-state index in [2.05, 4.69) is 310 Å². The Bertz CT molecular complexity index is 4270. The number of nitrogens with zero attached hydrogens (tertiary/aromatic N) is 1. The zero-order chi connectivity index (χ0) is 55.5. The summed E-state index contributed by atoms with van der Waals surface area (Å²) >= 11 is 0. The summed E-state index contributed by atoms with van der Waals surface area (Å²) in [6.07, 6.45) is 26.9. The average Bonchev–Trinajstić information content (AvgIpc) is 2.05. The van der Waals surface area contributed by atoms with Crippen LogP contribution in [0.3, 0.4) is 0 Å². The Morgan fingerprint density at radius 2 is 0.928 bits per heavy atom. The molecular formula is C82H66N+. The largest absolute Gasteiger partial charge is 0.213 e. The van der Waals surface area contributed by atoms with Crippen molar-refractivity contribution >= 4 is 16.7 Å². The van der Waals surface area contributed by atoms with Crippen LogP contribution < -0.4 is 4.57 Å². The van der Waals surface area contributed by atoms with E-state index in [0.29, 0.717) is 5.92 Å². The molecule has 0 spiro atoms. The second-order valence-electron chi connectivity index (χ2n) is 24.2. The van der Waals surface area contributed by atoms with Gasteiger partial charge in [0.1, 0.15) is 0 Å². The van der Waals surface area contributed by atoms with Gasteiger partial charge in [0.15, 0.2) is 11.7 Å². The SMILES string of the molecule is CC12CC1(C)[n+]1ccccc1-c1cc(C3=CC(c4cc(-c5cccc(-c6ccccc6)c5)cc(-c5cccc(-c6ccccc6)c5)c4)CC(c4cc(C5=CC=CC(C6=CCCC=C6)C5)cc(-c5cccc(-c6ccccc6)c5)c4)=C3)ccc12. The lowest BCUT2D eigenvalue weighted by atomic mass is 9.77. The normalized spacial score (nSPS) is 20.2. The first kappa shape index (κ1) is 50.5. The minimum atomic E-state index is 0.0556. The molecule has 0 saturated heterocycles. The molecule has 9 aromatic carbocycles. The molecule has 5 aliphatic rings. The molecule has 1 aromatic heterocycles. The zero-order valence-corrected chi connectivity index (χ0v) is 47.4. The monoisotopic (exact) mass is 1060 g/mol. The third-order valence-corrected chi connectivity index (χ3v) is 19.0. The smallest absolute Gasteiger partial charge is 0.192 e. The highest BCUT2D eigenvalue weighted by atomic mass is 15.1. The van der Waals surface area contributed by atoms with E-state index in [9.17, 15) is 0 Å². The van der Waals surface area contributed by atoms with Gasteiger partial charge in [-0.3, -0.25) is 0 Å². The van der Waals surface area contributed by atoms with Crippen molar-refractivity contribution in [2.24, 2.45) is 5.92 Å². The number of benzene rings is 9. The van der Waals surface area contributed by atoms with Crippen molar-refractivity contribution in [2.75, 3.05) is 0 Å². The van der Waals surface area contributed by atoms with Crippen LogP contribution >= 0.6 is 0 Å². The number of hydrogen-bond donors (Lipinski definition) is 0. The van der Waals surface area contributed by atoms with Gasteiger partial charge < -0.3 is 0 Å².